The summed E-state index contributed by atoms with van der Waals surface area (Å²) in [7, 11) is 0. The number of amides is 1. The van der Waals surface area contributed by atoms with Crippen LogP contribution in [0.4, 0.5) is 9.52 Å². The van der Waals surface area contributed by atoms with Gasteiger partial charge >= 0.3 is 0 Å². The number of fused-ring (bicyclic) bond motifs is 1. The Morgan fingerprint density at radius 3 is 2.81 bits per heavy atom. The summed E-state index contributed by atoms with van der Waals surface area (Å²) in [5.74, 6) is -0.571. The lowest BCUT2D eigenvalue weighted by Gasteiger charge is -2.20. The molecule has 0 aliphatic rings. The van der Waals surface area contributed by atoms with Crippen LogP contribution >= 0.6 is 22.9 Å². The Hall–Kier alpha value is -2.83. The van der Waals surface area contributed by atoms with Crippen molar-refractivity contribution in [3.63, 3.8) is 0 Å². The lowest BCUT2D eigenvalue weighted by Crippen LogP contribution is -2.30. The van der Waals surface area contributed by atoms with Gasteiger partial charge in [0.25, 0.3) is 5.91 Å². The van der Waals surface area contributed by atoms with Gasteiger partial charge in [0.05, 0.1) is 16.8 Å². The predicted molar refractivity (Wildman–Crippen MR) is 106 cm³/mol. The van der Waals surface area contributed by atoms with E-state index in [4.69, 9.17) is 11.6 Å². The molecule has 2 aromatic heterocycles. The van der Waals surface area contributed by atoms with Gasteiger partial charge in [0.1, 0.15) is 5.82 Å². The van der Waals surface area contributed by atoms with E-state index >= 15 is 0 Å². The van der Waals surface area contributed by atoms with Crippen LogP contribution in [0.5, 0.6) is 0 Å². The summed E-state index contributed by atoms with van der Waals surface area (Å²) in [6, 6.07) is 14.8. The van der Waals surface area contributed by atoms with Crippen LogP contribution in [0, 0.1) is 5.82 Å². The SMILES string of the molecule is O=C(c1cccc(Cl)c1)N(Cc1cccnc1)c1nc2ccc(F)cc2s1. The van der Waals surface area contributed by atoms with Crippen LogP contribution in [0.15, 0.2) is 67.0 Å². The van der Waals surface area contributed by atoms with E-state index in [2.05, 4.69) is 9.97 Å². The topological polar surface area (TPSA) is 46.1 Å². The molecule has 4 nitrogen and oxygen atoms in total. The normalized spacial score (nSPS) is 10.9. The summed E-state index contributed by atoms with van der Waals surface area (Å²) in [5, 5.41) is 0.970. The van der Waals surface area contributed by atoms with Gasteiger partial charge in [-0.3, -0.25) is 14.7 Å². The van der Waals surface area contributed by atoms with Gasteiger partial charge in [-0.05, 0) is 48.0 Å². The van der Waals surface area contributed by atoms with Crippen LogP contribution in [0.1, 0.15) is 15.9 Å². The van der Waals surface area contributed by atoms with E-state index in [0.717, 1.165) is 5.56 Å². The Bertz CT molecular complexity index is 1120. The Morgan fingerprint density at radius 2 is 2.04 bits per heavy atom. The number of benzene rings is 2. The van der Waals surface area contributed by atoms with Crippen molar-refractivity contribution in [1.29, 1.82) is 0 Å². The first-order chi connectivity index (χ1) is 13.1. The van der Waals surface area contributed by atoms with E-state index in [1.165, 1.54) is 23.5 Å². The predicted octanol–water partition coefficient (Wildman–Crippen LogP) is 5.33. The molecule has 27 heavy (non-hydrogen) atoms. The number of carbonyl (C=O) groups excluding carboxylic acids is 1. The standard InChI is InChI=1S/C20H13ClFN3OS/c21-15-5-1-4-14(9-15)19(26)25(12-13-3-2-8-23-11-13)20-24-17-7-6-16(22)10-18(17)27-20/h1-11H,12H2. The quantitative estimate of drug-likeness (QED) is 0.467. The van der Waals surface area contributed by atoms with E-state index < -0.39 is 0 Å². The Labute approximate surface area is 163 Å². The van der Waals surface area contributed by atoms with Crippen molar-refractivity contribution in [2.75, 3.05) is 4.90 Å². The fraction of sp³-hybridized carbons (Fsp3) is 0.0500. The molecule has 4 rings (SSSR count). The van der Waals surface area contributed by atoms with E-state index in [1.807, 2.05) is 12.1 Å². The first-order valence-electron chi connectivity index (χ1n) is 8.12. The Kier molecular flexibility index (Phi) is 4.83. The largest absolute Gasteiger partial charge is 0.279 e. The van der Waals surface area contributed by atoms with Gasteiger partial charge in [0.15, 0.2) is 5.13 Å². The Balaban J connectivity index is 1.77. The van der Waals surface area contributed by atoms with E-state index in [1.54, 1.807) is 47.6 Å². The summed E-state index contributed by atoms with van der Waals surface area (Å²) in [6.07, 6.45) is 3.37. The van der Waals surface area contributed by atoms with Crippen molar-refractivity contribution < 1.29 is 9.18 Å². The minimum atomic E-state index is -0.335. The highest BCUT2D eigenvalue weighted by Crippen LogP contribution is 2.31. The number of hydrogen-bond acceptors (Lipinski definition) is 4. The molecule has 134 valence electrons. The lowest BCUT2D eigenvalue weighted by molar-refractivity contribution is 0.0985. The monoisotopic (exact) mass is 397 g/mol. The molecule has 0 aliphatic carbocycles. The molecular formula is C20H13ClFN3OS. The molecule has 0 atom stereocenters. The maximum Gasteiger partial charge on any atom is 0.260 e. The van der Waals surface area contributed by atoms with Crippen molar-refractivity contribution in [3.05, 3.63) is 89.0 Å². The summed E-state index contributed by atoms with van der Waals surface area (Å²) in [4.78, 5) is 23.4. The molecule has 0 saturated heterocycles. The number of aromatic nitrogens is 2. The Morgan fingerprint density at radius 1 is 1.15 bits per heavy atom. The molecule has 0 fully saturated rings. The number of nitrogens with zero attached hydrogens (tertiary/aromatic N) is 3. The summed E-state index contributed by atoms with van der Waals surface area (Å²) in [5.41, 5.74) is 1.96. The van der Waals surface area contributed by atoms with Crippen molar-refractivity contribution in [2.45, 2.75) is 6.54 Å². The fourth-order valence-electron chi connectivity index (χ4n) is 2.68. The van der Waals surface area contributed by atoms with E-state index in [-0.39, 0.29) is 11.7 Å². The third kappa shape index (κ3) is 3.82. The second kappa shape index (κ2) is 7.42. The lowest BCUT2D eigenvalue weighted by atomic mass is 10.2. The number of halogens is 2. The third-order valence-corrected chi connectivity index (χ3v) is 5.23. The minimum Gasteiger partial charge on any atom is -0.279 e. The van der Waals surface area contributed by atoms with E-state index in [9.17, 15) is 9.18 Å². The molecule has 0 radical (unpaired) electrons. The molecule has 4 aromatic rings. The van der Waals surface area contributed by atoms with Crippen molar-refractivity contribution in [2.24, 2.45) is 0 Å². The minimum absolute atomic E-state index is 0.235. The van der Waals surface area contributed by atoms with Crippen LogP contribution in [0.25, 0.3) is 10.2 Å². The molecule has 1 amide bonds. The van der Waals surface area contributed by atoms with Crippen LogP contribution < -0.4 is 4.90 Å². The maximum absolute atomic E-state index is 13.5. The zero-order valence-corrected chi connectivity index (χ0v) is 15.5. The van der Waals surface area contributed by atoms with Gasteiger partial charge in [0.2, 0.25) is 0 Å². The molecule has 0 saturated carbocycles. The average Bonchev–Trinajstić information content (AvgIpc) is 3.09. The smallest absolute Gasteiger partial charge is 0.260 e. The van der Waals surface area contributed by atoms with Crippen molar-refractivity contribution in [3.8, 4) is 0 Å². The molecule has 0 aliphatic heterocycles. The van der Waals surface area contributed by atoms with Crippen LogP contribution in [0.3, 0.4) is 0 Å². The van der Waals surface area contributed by atoms with Crippen LogP contribution in [0.2, 0.25) is 5.02 Å². The molecule has 0 N–H and O–H groups in total. The molecule has 2 heterocycles. The highest BCUT2D eigenvalue weighted by atomic mass is 35.5. The molecule has 2 aromatic carbocycles. The second-order valence-corrected chi connectivity index (χ2v) is 7.32. The zero-order chi connectivity index (χ0) is 18.8. The number of thiazole rings is 1. The van der Waals surface area contributed by atoms with Gasteiger partial charge in [0, 0.05) is 23.0 Å². The number of pyridine rings is 1. The third-order valence-electron chi connectivity index (χ3n) is 3.95. The second-order valence-electron chi connectivity index (χ2n) is 5.87. The highest BCUT2D eigenvalue weighted by molar-refractivity contribution is 7.22. The first-order valence-corrected chi connectivity index (χ1v) is 9.32. The molecule has 0 spiro atoms. The van der Waals surface area contributed by atoms with Gasteiger partial charge < -0.3 is 0 Å². The van der Waals surface area contributed by atoms with Gasteiger partial charge in [-0.25, -0.2) is 9.37 Å². The van der Waals surface area contributed by atoms with Gasteiger partial charge in [-0.1, -0.05) is 35.1 Å². The van der Waals surface area contributed by atoms with Crippen molar-refractivity contribution in [1.82, 2.24) is 9.97 Å². The summed E-state index contributed by atoms with van der Waals surface area (Å²) >= 11 is 7.31. The first kappa shape index (κ1) is 17.6. The van der Waals surface area contributed by atoms with Gasteiger partial charge in [-0.2, -0.15) is 0 Å². The van der Waals surface area contributed by atoms with Gasteiger partial charge in [-0.15, -0.1) is 0 Å². The summed E-state index contributed by atoms with van der Waals surface area (Å²) < 4.78 is 14.2. The number of hydrogen-bond donors (Lipinski definition) is 0. The zero-order valence-electron chi connectivity index (χ0n) is 14.0. The molecule has 0 bridgehead atoms. The molecular weight excluding hydrogens is 385 g/mol. The highest BCUT2D eigenvalue weighted by Gasteiger charge is 2.22. The fourth-order valence-corrected chi connectivity index (χ4v) is 3.86. The molecule has 0 unspecified atom stereocenters. The average molecular weight is 398 g/mol. The molecule has 7 heteroatoms. The number of rotatable bonds is 4. The maximum atomic E-state index is 13.5. The van der Waals surface area contributed by atoms with E-state index in [0.29, 0.717) is 32.5 Å². The number of anilines is 1. The summed E-state index contributed by atoms with van der Waals surface area (Å²) in [6.45, 7) is 0.293. The van der Waals surface area contributed by atoms with Crippen molar-refractivity contribution >= 4 is 44.2 Å². The van der Waals surface area contributed by atoms with Crippen LogP contribution in [-0.2, 0) is 6.54 Å². The van der Waals surface area contributed by atoms with Crippen LogP contribution in [-0.4, -0.2) is 15.9 Å². The number of carbonyl (C=O) groups is 1.